The highest BCUT2D eigenvalue weighted by Crippen LogP contribution is 2.22. The molecule has 1 N–H and O–H groups in total. The summed E-state index contributed by atoms with van der Waals surface area (Å²) in [5.41, 5.74) is 0.242. The molecule has 0 heterocycles. The lowest BCUT2D eigenvalue weighted by Crippen LogP contribution is -2.40. The molecule has 0 radical (unpaired) electrons. The van der Waals surface area contributed by atoms with E-state index >= 15 is 0 Å². The van der Waals surface area contributed by atoms with Gasteiger partial charge in [-0.15, -0.1) is 0 Å². The van der Waals surface area contributed by atoms with Crippen LogP contribution >= 0.6 is 27.5 Å². The maximum absolute atomic E-state index is 12.1. The first-order valence-corrected chi connectivity index (χ1v) is 8.11. The summed E-state index contributed by atoms with van der Waals surface area (Å²) in [6, 6.07) is 5.11. The molecule has 4 nitrogen and oxygen atoms in total. The second-order valence-corrected chi connectivity index (χ2v) is 6.48. The number of amides is 1. The first-order chi connectivity index (χ1) is 9.97. The molecule has 21 heavy (non-hydrogen) atoms. The summed E-state index contributed by atoms with van der Waals surface area (Å²) >= 11 is 9.24. The highest BCUT2D eigenvalue weighted by Gasteiger charge is 2.24. The zero-order chi connectivity index (χ0) is 15.4. The van der Waals surface area contributed by atoms with Crippen molar-refractivity contribution in [1.29, 1.82) is 0 Å². The largest absolute Gasteiger partial charge is 0.449 e. The minimum atomic E-state index is -0.840. The van der Waals surface area contributed by atoms with Crippen molar-refractivity contribution >= 4 is 39.4 Å². The van der Waals surface area contributed by atoms with E-state index in [-0.39, 0.29) is 17.5 Å². The van der Waals surface area contributed by atoms with Gasteiger partial charge in [0.2, 0.25) is 0 Å². The number of nitrogens with one attached hydrogen (secondary N) is 1. The van der Waals surface area contributed by atoms with Crippen LogP contribution in [0.1, 0.15) is 43.0 Å². The molecule has 1 aliphatic rings. The lowest BCUT2D eigenvalue weighted by Gasteiger charge is -2.17. The number of halogens is 2. The van der Waals surface area contributed by atoms with Gasteiger partial charge in [-0.3, -0.25) is 4.79 Å². The van der Waals surface area contributed by atoms with Crippen molar-refractivity contribution in [2.24, 2.45) is 0 Å². The number of esters is 1. The zero-order valence-corrected chi connectivity index (χ0v) is 14.0. The summed E-state index contributed by atoms with van der Waals surface area (Å²) in [5, 5.41) is 3.20. The molecular formula is C15H17BrClNO3. The summed E-state index contributed by atoms with van der Waals surface area (Å²) in [6.07, 6.45) is 3.40. The lowest BCUT2D eigenvalue weighted by molar-refractivity contribution is -0.129. The van der Waals surface area contributed by atoms with E-state index in [1.807, 2.05) is 0 Å². The maximum atomic E-state index is 12.1. The predicted octanol–water partition coefficient (Wildman–Crippen LogP) is 3.71. The van der Waals surface area contributed by atoms with E-state index < -0.39 is 12.1 Å². The second-order valence-electron chi connectivity index (χ2n) is 5.16. The Balaban J connectivity index is 1.94. The van der Waals surface area contributed by atoms with Crippen molar-refractivity contribution < 1.29 is 14.3 Å². The van der Waals surface area contributed by atoms with Gasteiger partial charge >= 0.3 is 5.97 Å². The van der Waals surface area contributed by atoms with E-state index in [2.05, 4.69) is 21.2 Å². The summed E-state index contributed by atoms with van der Waals surface area (Å²) in [6.45, 7) is 1.56. The van der Waals surface area contributed by atoms with Gasteiger partial charge < -0.3 is 10.1 Å². The van der Waals surface area contributed by atoms with Crippen molar-refractivity contribution in [1.82, 2.24) is 5.32 Å². The Labute approximate surface area is 137 Å². The summed E-state index contributed by atoms with van der Waals surface area (Å²) in [5.74, 6) is -0.864. The standard InChI is InChI=1S/C15H17BrClNO3/c1-9(14(19)18-11-4-2-3-5-11)21-15(20)12-8-10(16)6-7-13(12)17/h6-9,11H,2-5H2,1H3,(H,18,19)/t9-/m0/s1. The molecule has 2 rings (SSSR count). The van der Waals surface area contributed by atoms with E-state index in [1.165, 1.54) is 0 Å². The molecule has 114 valence electrons. The van der Waals surface area contributed by atoms with Crippen LogP contribution in [0.25, 0.3) is 0 Å². The van der Waals surface area contributed by atoms with Crippen LogP contribution in [0.15, 0.2) is 22.7 Å². The van der Waals surface area contributed by atoms with Crippen molar-refractivity contribution in [2.45, 2.75) is 44.8 Å². The second kappa shape index (κ2) is 7.27. The van der Waals surface area contributed by atoms with E-state index in [9.17, 15) is 9.59 Å². The quantitative estimate of drug-likeness (QED) is 0.818. The van der Waals surface area contributed by atoms with Crippen LogP contribution in [0.2, 0.25) is 5.02 Å². The first-order valence-electron chi connectivity index (χ1n) is 6.94. The first kappa shape index (κ1) is 16.3. The molecule has 0 spiro atoms. The zero-order valence-electron chi connectivity index (χ0n) is 11.7. The molecule has 1 aliphatic carbocycles. The Hall–Kier alpha value is -1.07. The third-order valence-corrected chi connectivity index (χ3v) is 4.33. The molecule has 1 atom stereocenters. The number of hydrogen-bond donors (Lipinski definition) is 1. The average molecular weight is 375 g/mol. The Morgan fingerprint density at radius 1 is 1.38 bits per heavy atom. The molecular weight excluding hydrogens is 358 g/mol. The Morgan fingerprint density at radius 3 is 2.71 bits per heavy atom. The number of hydrogen-bond acceptors (Lipinski definition) is 3. The molecule has 1 aromatic carbocycles. The lowest BCUT2D eigenvalue weighted by atomic mass is 10.2. The average Bonchev–Trinajstić information content (AvgIpc) is 2.94. The minimum absolute atomic E-state index is 0.202. The molecule has 0 aliphatic heterocycles. The number of benzene rings is 1. The predicted molar refractivity (Wildman–Crippen MR) is 84.4 cm³/mol. The Bertz CT molecular complexity index is 544. The molecule has 0 aromatic heterocycles. The van der Waals surface area contributed by atoms with Gasteiger partial charge in [0.1, 0.15) is 0 Å². The van der Waals surface area contributed by atoms with Gasteiger partial charge in [-0.2, -0.15) is 0 Å². The van der Waals surface area contributed by atoms with Crippen molar-refractivity contribution in [3.8, 4) is 0 Å². The van der Waals surface area contributed by atoms with Crippen LogP contribution in [0.4, 0.5) is 0 Å². The number of rotatable bonds is 4. The molecule has 0 saturated heterocycles. The molecule has 1 aromatic rings. The van der Waals surface area contributed by atoms with Gasteiger partial charge in [-0.05, 0) is 38.0 Å². The van der Waals surface area contributed by atoms with Crippen molar-refractivity contribution in [3.05, 3.63) is 33.3 Å². The van der Waals surface area contributed by atoms with Crippen LogP contribution in [-0.2, 0) is 9.53 Å². The van der Waals surface area contributed by atoms with Gasteiger partial charge in [0, 0.05) is 10.5 Å². The fourth-order valence-corrected chi connectivity index (χ4v) is 2.88. The van der Waals surface area contributed by atoms with Gasteiger partial charge in [0.05, 0.1) is 10.6 Å². The fraction of sp³-hybridized carbons (Fsp3) is 0.467. The van der Waals surface area contributed by atoms with Crippen LogP contribution < -0.4 is 5.32 Å². The SMILES string of the molecule is C[C@H](OC(=O)c1cc(Br)ccc1Cl)C(=O)NC1CCCC1. The van der Waals surface area contributed by atoms with E-state index in [0.29, 0.717) is 5.02 Å². The van der Waals surface area contributed by atoms with Gasteiger partial charge in [-0.1, -0.05) is 40.4 Å². The van der Waals surface area contributed by atoms with Gasteiger partial charge in [-0.25, -0.2) is 4.79 Å². The normalized spacial score (nSPS) is 16.5. The van der Waals surface area contributed by atoms with Crippen LogP contribution in [0.3, 0.4) is 0 Å². The number of carbonyl (C=O) groups is 2. The number of ether oxygens (including phenoxy) is 1. The van der Waals surface area contributed by atoms with Crippen molar-refractivity contribution in [2.75, 3.05) is 0 Å². The van der Waals surface area contributed by atoms with Crippen LogP contribution in [-0.4, -0.2) is 24.0 Å². The Morgan fingerprint density at radius 2 is 2.05 bits per heavy atom. The summed E-state index contributed by atoms with van der Waals surface area (Å²) in [4.78, 5) is 24.0. The molecule has 1 amide bonds. The third-order valence-electron chi connectivity index (χ3n) is 3.50. The summed E-state index contributed by atoms with van der Waals surface area (Å²) in [7, 11) is 0. The smallest absolute Gasteiger partial charge is 0.340 e. The molecule has 0 bridgehead atoms. The highest BCUT2D eigenvalue weighted by atomic mass is 79.9. The van der Waals surface area contributed by atoms with Crippen molar-refractivity contribution in [3.63, 3.8) is 0 Å². The van der Waals surface area contributed by atoms with Crippen LogP contribution in [0.5, 0.6) is 0 Å². The molecule has 1 saturated carbocycles. The van der Waals surface area contributed by atoms with Gasteiger partial charge in [0.25, 0.3) is 5.91 Å². The summed E-state index contributed by atoms with van der Waals surface area (Å²) < 4.78 is 5.91. The topological polar surface area (TPSA) is 55.4 Å². The fourth-order valence-electron chi connectivity index (χ4n) is 2.32. The van der Waals surface area contributed by atoms with E-state index in [4.69, 9.17) is 16.3 Å². The minimum Gasteiger partial charge on any atom is -0.449 e. The Kier molecular flexibility index (Phi) is 5.65. The maximum Gasteiger partial charge on any atom is 0.340 e. The third kappa shape index (κ3) is 4.45. The van der Waals surface area contributed by atoms with E-state index in [0.717, 1.165) is 30.2 Å². The van der Waals surface area contributed by atoms with Crippen LogP contribution in [0, 0.1) is 0 Å². The van der Waals surface area contributed by atoms with Gasteiger partial charge in [0.15, 0.2) is 6.10 Å². The molecule has 6 heteroatoms. The molecule has 1 fully saturated rings. The molecule has 0 unspecified atom stereocenters. The highest BCUT2D eigenvalue weighted by molar-refractivity contribution is 9.10. The number of carbonyl (C=O) groups excluding carboxylic acids is 2. The monoisotopic (exact) mass is 373 g/mol. The van der Waals surface area contributed by atoms with E-state index in [1.54, 1.807) is 25.1 Å².